The molecule has 1 aliphatic rings. The van der Waals surface area contributed by atoms with Crippen molar-refractivity contribution in [1.29, 1.82) is 5.26 Å². The fourth-order valence-corrected chi connectivity index (χ4v) is 2.41. The molecule has 0 atom stereocenters. The molecule has 20 heavy (non-hydrogen) atoms. The van der Waals surface area contributed by atoms with Crippen molar-refractivity contribution in [3.8, 4) is 6.07 Å². The Morgan fingerprint density at radius 3 is 2.80 bits per heavy atom. The summed E-state index contributed by atoms with van der Waals surface area (Å²) < 4.78 is 0. The molecule has 1 aromatic rings. The molecule has 2 rings (SSSR count). The summed E-state index contributed by atoms with van der Waals surface area (Å²) in [6, 6.07) is 5.02. The average molecular weight is 273 g/mol. The summed E-state index contributed by atoms with van der Waals surface area (Å²) in [4.78, 5) is 15.9. The Morgan fingerprint density at radius 2 is 2.25 bits per heavy atom. The van der Waals surface area contributed by atoms with Crippen LogP contribution < -0.4 is 5.32 Å². The molecule has 0 bridgehead atoms. The Morgan fingerprint density at radius 1 is 1.55 bits per heavy atom. The number of nitriles is 1. The van der Waals surface area contributed by atoms with Crippen LogP contribution in [0.2, 0.25) is 0 Å². The van der Waals surface area contributed by atoms with Gasteiger partial charge in [0.1, 0.15) is 11.8 Å². The number of aromatic nitrogens is 1. The molecule has 0 spiro atoms. The first-order valence-electron chi connectivity index (χ1n) is 6.89. The number of pyridine rings is 1. The Labute approximate surface area is 118 Å². The summed E-state index contributed by atoms with van der Waals surface area (Å²) in [7, 11) is 0. The first-order valence-corrected chi connectivity index (χ1v) is 6.89. The van der Waals surface area contributed by atoms with Crippen molar-refractivity contribution < 1.29 is 9.90 Å². The SMILES string of the molecule is CC1CCC(O)(CNC(=O)c2ccc(C#N)cn2)CC1. The lowest BCUT2D eigenvalue weighted by Crippen LogP contribution is -2.45. The molecule has 2 N–H and O–H groups in total. The van der Waals surface area contributed by atoms with E-state index in [-0.39, 0.29) is 18.1 Å². The molecule has 0 aliphatic heterocycles. The molecule has 1 heterocycles. The Bertz CT molecular complexity index is 511. The van der Waals surface area contributed by atoms with Gasteiger partial charge >= 0.3 is 0 Å². The number of amides is 1. The van der Waals surface area contributed by atoms with Crippen molar-refractivity contribution in [1.82, 2.24) is 10.3 Å². The van der Waals surface area contributed by atoms with Crippen LogP contribution in [0, 0.1) is 17.2 Å². The highest BCUT2D eigenvalue weighted by atomic mass is 16.3. The number of nitrogens with zero attached hydrogens (tertiary/aromatic N) is 2. The highest BCUT2D eigenvalue weighted by molar-refractivity contribution is 5.92. The van der Waals surface area contributed by atoms with Gasteiger partial charge in [0, 0.05) is 12.7 Å². The van der Waals surface area contributed by atoms with Gasteiger partial charge < -0.3 is 10.4 Å². The third-order valence-corrected chi connectivity index (χ3v) is 3.91. The smallest absolute Gasteiger partial charge is 0.269 e. The molecule has 0 radical (unpaired) electrons. The van der Waals surface area contributed by atoms with E-state index in [0.717, 1.165) is 25.7 Å². The standard InChI is InChI=1S/C15H19N3O2/c1-11-4-6-15(20,7-5-11)10-18-14(19)13-3-2-12(8-16)9-17-13/h2-3,9,11,20H,4-7,10H2,1H3,(H,18,19). The van der Waals surface area contributed by atoms with Crippen LogP contribution in [0.1, 0.15) is 48.7 Å². The molecule has 1 saturated carbocycles. The highest BCUT2D eigenvalue weighted by Gasteiger charge is 2.32. The van der Waals surface area contributed by atoms with Crippen LogP contribution in [0.3, 0.4) is 0 Å². The molecule has 1 aromatic heterocycles. The molecule has 5 nitrogen and oxygen atoms in total. The monoisotopic (exact) mass is 273 g/mol. The molecule has 1 aliphatic carbocycles. The molecule has 5 heteroatoms. The molecule has 0 aromatic carbocycles. The van der Waals surface area contributed by atoms with E-state index >= 15 is 0 Å². The zero-order chi connectivity index (χ0) is 14.6. The fraction of sp³-hybridized carbons (Fsp3) is 0.533. The maximum Gasteiger partial charge on any atom is 0.269 e. The lowest BCUT2D eigenvalue weighted by atomic mass is 9.79. The van der Waals surface area contributed by atoms with Gasteiger partial charge in [0.2, 0.25) is 0 Å². The first-order chi connectivity index (χ1) is 9.52. The molecule has 0 saturated heterocycles. The first kappa shape index (κ1) is 14.5. The maximum absolute atomic E-state index is 11.9. The normalized spacial score (nSPS) is 25.8. The van der Waals surface area contributed by atoms with Crippen molar-refractivity contribution in [2.24, 2.45) is 5.92 Å². The summed E-state index contributed by atoms with van der Waals surface area (Å²) in [5, 5.41) is 21.8. The fourth-order valence-electron chi connectivity index (χ4n) is 2.41. The largest absolute Gasteiger partial charge is 0.388 e. The van der Waals surface area contributed by atoms with Crippen LogP contribution in [-0.4, -0.2) is 28.1 Å². The third kappa shape index (κ3) is 3.55. The van der Waals surface area contributed by atoms with Gasteiger partial charge in [-0.15, -0.1) is 0 Å². The van der Waals surface area contributed by atoms with E-state index in [4.69, 9.17) is 5.26 Å². The number of hydrogen-bond donors (Lipinski definition) is 2. The van der Waals surface area contributed by atoms with Crippen molar-refractivity contribution in [2.45, 2.75) is 38.2 Å². The summed E-state index contributed by atoms with van der Waals surface area (Å²) >= 11 is 0. The highest BCUT2D eigenvalue weighted by Crippen LogP contribution is 2.31. The lowest BCUT2D eigenvalue weighted by molar-refractivity contribution is -0.00543. The summed E-state index contributed by atoms with van der Waals surface area (Å²) in [5.74, 6) is 0.327. The van der Waals surface area contributed by atoms with Gasteiger partial charge in [-0.3, -0.25) is 4.79 Å². The van der Waals surface area contributed by atoms with E-state index in [1.54, 1.807) is 6.07 Å². The van der Waals surface area contributed by atoms with Gasteiger partial charge in [0.25, 0.3) is 5.91 Å². The minimum atomic E-state index is -0.797. The zero-order valence-electron chi connectivity index (χ0n) is 11.6. The van der Waals surface area contributed by atoms with E-state index in [9.17, 15) is 9.90 Å². The van der Waals surface area contributed by atoms with Crippen molar-refractivity contribution in [2.75, 3.05) is 6.54 Å². The molecule has 1 fully saturated rings. The molecule has 0 unspecified atom stereocenters. The van der Waals surface area contributed by atoms with Gasteiger partial charge in [-0.1, -0.05) is 6.92 Å². The van der Waals surface area contributed by atoms with Gasteiger partial charge in [0.05, 0.1) is 11.2 Å². The van der Waals surface area contributed by atoms with E-state index in [1.807, 2.05) is 6.07 Å². The quantitative estimate of drug-likeness (QED) is 0.876. The molecular weight excluding hydrogens is 254 g/mol. The topological polar surface area (TPSA) is 86.0 Å². The average Bonchev–Trinajstić information content (AvgIpc) is 2.48. The third-order valence-electron chi connectivity index (χ3n) is 3.91. The second-order valence-corrected chi connectivity index (χ2v) is 5.63. The Hall–Kier alpha value is -1.93. The van der Waals surface area contributed by atoms with Gasteiger partial charge in [-0.05, 0) is 43.7 Å². The number of carbonyl (C=O) groups excluding carboxylic acids is 1. The molecule has 1 amide bonds. The van der Waals surface area contributed by atoms with Crippen LogP contribution in [-0.2, 0) is 0 Å². The van der Waals surface area contributed by atoms with Crippen LogP contribution in [0.25, 0.3) is 0 Å². The van der Waals surface area contributed by atoms with Crippen LogP contribution >= 0.6 is 0 Å². The van der Waals surface area contributed by atoms with Crippen molar-refractivity contribution in [3.63, 3.8) is 0 Å². The minimum Gasteiger partial charge on any atom is -0.388 e. The number of carbonyl (C=O) groups is 1. The van der Waals surface area contributed by atoms with Gasteiger partial charge in [0.15, 0.2) is 0 Å². The predicted octanol–water partition coefficient (Wildman–Crippen LogP) is 1.62. The van der Waals surface area contributed by atoms with E-state index in [0.29, 0.717) is 11.5 Å². The van der Waals surface area contributed by atoms with Crippen molar-refractivity contribution in [3.05, 3.63) is 29.6 Å². The number of aliphatic hydroxyl groups is 1. The van der Waals surface area contributed by atoms with Gasteiger partial charge in [-0.25, -0.2) is 4.98 Å². The van der Waals surface area contributed by atoms with Crippen LogP contribution in [0.4, 0.5) is 0 Å². The van der Waals surface area contributed by atoms with Gasteiger partial charge in [-0.2, -0.15) is 5.26 Å². The number of rotatable bonds is 3. The Balaban J connectivity index is 1.90. The zero-order valence-corrected chi connectivity index (χ0v) is 11.6. The summed E-state index contributed by atoms with van der Waals surface area (Å²) in [6.45, 7) is 2.43. The maximum atomic E-state index is 11.9. The Kier molecular flexibility index (Phi) is 4.35. The second kappa shape index (κ2) is 6.02. The molecule has 106 valence electrons. The lowest BCUT2D eigenvalue weighted by Gasteiger charge is -2.34. The van der Waals surface area contributed by atoms with E-state index in [1.165, 1.54) is 12.3 Å². The predicted molar refractivity (Wildman–Crippen MR) is 73.9 cm³/mol. The molecular formula is C15H19N3O2. The van der Waals surface area contributed by atoms with Crippen molar-refractivity contribution >= 4 is 5.91 Å². The second-order valence-electron chi connectivity index (χ2n) is 5.63. The van der Waals surface area contributed by atoms with Crippen LogP contribution in [0.5, 0.6) is 0 Å². The minimum absolute atomic E-state index is 0.250. The number of nitrogens with one attached hydrogen (secondary N) is 1. The summed E-state index contributed by atoms with van der Waals surface area (Å²) in [6.07, 6.45) is 4.78. The van der Waals surface area contributed by atoms with E-state index in [2.05, 4.69) is 17.2 Å². The summed E-state index contributed by atoms with van der Waals surface area (Å²) in [5.41, 5.74) is -0.118. The van der Waals surface area contributed by atoms with E-state index < -0.39 is 5.60 Å². The number of hydrogen-bond acceptors (Lipinski definition) is 4. The van der Waals surface area contributed by atoms with Crippen LogP contribution in [0.15, 0.2) is 18.3 Å².